The highest BCUT2D eigenvalue weighted by Gasteiger charge is 2.23. The SMILES string of the molecule is CCCNC(c1ccc(C)cc1F)C(C)c1ccncc1. The molecule has 0 radical (unpaired) electrons. The fourth-order valence-corrected chi connectivity index (χ4v) is 2.60. The predicted octanol–water partition coefficient (Wildman–Crippen LogP) is 4.37. The van der Waals surface area contributed by atoms with Gasteiger partial charge in [0.25, 0.3) is 0 Å². The maximum Gasteiger partial charge on any atom is 0.128 e. The fraction of sp³-hybridized carbons (Fsp3) is 0.389. The average molecular weight is 286 g/mol. The van der Waals surface area contributed by atoms with Gasteiger partial charge in [-0.15, -0.1) is 0 Å². The Bertz CT molecular complexity index is 569. The minimum atomic E-state index is -0.135. The number of pyridine rings is 1. The lowest BCUT2D eigenvalue weighted by molar-refractivity contribution is 0.445. The van der Waals surface area contributed by atoms with E-state index in [9.17, 15) is 4.39 Å². The highest BCUT2D eigenvalue weighted by molar-refractivity contribution is 5.30. The molecule has 0 saturated carbocycles. The second kappa shape index (κ2) is 7.32. The summed E-state index contributed by atoms with van der Waals surface area (Å²) in [4.78, 5) is 4.06. The van der Waals surface area contributed by atoms with Crippen LogP contribution >= 0.6 is 0 Å². The number of rotatable bonds is 6. The molecule has 1 heterocycles. The van der Waals surface area contributed by atoms with Gasteiger partial charge in [-0.1, -0.05) is 26.0 Å². The Kier molecular flexibility index (Phi) is 5.45. The average Bonchev–Trinajstić information content (AvgIpc) is 2.50. The lowest BCUT2D eigenvalue weighted by atomic mass is 9.88. The standard InChI is InChI=1S/C18H23FN2/c1-4-9-21-18(14(3)15-7-10-20-11-8-15)16-6-5-13(2)12-17(16)19/h5-8,10-12,14,18,21H,4,9H2,1-3H3. The van der Waals surface area contributed by atoms with Crippen LogP contribution in [0.1, 0.15) is 48.9 Å². The molecule has 0 fully saturated rings. The second-order valence-electron chi connectivity index (χ2n) is 5.53. The summed E-state index contributed by atoms with van der Waals surface area (Å²) in [5, 5.41) is 3.48. The van der Waals surface area contributed by atoms with Crippen molar-refractivity contribution in [2.24, 2.45) is 0 Å². The molecule has 3 heteroatoms. The molecule has 0 aliphatic rings. The van der Waals surface area contributed by atoms with Crippen LogP contribution in [0.3, 0.4) is 0 Å². The van der Waals surface area contributed by atoms with Crippen LogP contribution in [0.25, 0.3) is 0 Å². The van der Waals surface area contributed by atoms with Gasteiger partial charge in [0, 0.05) is 29.9 Å². The van der Waals surface area contributed by atoms with E-state index in [0.29, 0.717) is 0 Å². The van der Waals surface area contributed by atoms with Crippen molar-refractivity contribution in [3.05, 3.63) is 65.2 Å². The van der Waals surface area contributed by atoms with Crippen LogP contribution in [0, 0.1) is 12.7 Å². The van der Waals surface area contributed by atoms with Gasteiger partial charge < -0.3 is 5.32 Å². The van der Waals surface area contributed by atoms with Gasteiger partial charge in [-0.25, -0.2) is 4.39 Å². The molecule has 2 atom stereocenters. The Morgan fingerprint density at radius 2 is 1.90 bits per heavy atom. The van der Waals surface area contributed by atoms with E-state index in [0.717, 1.165) is 24.1 Å². The van der Waals surface area contributed by atoms with E-state index in [1.807, 2.05) is 31.2 Å². The Balaban J connectivity index is 2.33. The molecule has 2 unspecified atom stereocenters. The van der Waals surface area contributed by atoms with Gasteiger partial charge in [0.1, 0.15) is 5.82 Å². The van der Waals surface area contributed by atoms with Crippen molar-refractivity contribution in [3.8, 4) is 0 Å². The van der Waals surface area contributed by atoms with E-state index in [-0.39, 0.29) is 17.8 Å². The Hall–Kier alpha value is -1.74. The summed E-state index contributed by atoms with van der Waals surface area (Å²) < 4.78 is 14.4. The van der Waals surface area contributed by atoms with Gasteiger partial charge in [0.15, 0.2) is 0 Å². The van der Waals surface area contributed by atoms with Crippen LogP contribution < -0.4 is 5.32 Å². The van der Waals surface area contributed by atoms with Crippen molar-refractivity contribution in [1.29, 1.82) is 0 Å². The lowest BCUT2D eigenvalue weighted by Gasteiger charge is -2.26. The topological polar surface area (TPSA) is 24.9 Å². The molecule has 0 aliphatic carbocycles. The molecule has 1 aromatic heterocycles. The summed E-state index contributed by atoms with van der Waals surface area (Å²) in [6.07, 6.45) is 4.59. The number of hydrogen-bond acceptors (Lipinski definition) is 2. The number of nitrogens with zero attached hydrogens (tertiary/aromatic N) is 1. The van der Waals surface area contributed by atoms with Gasteiger partial charge in [0.2, 0.25) is 0 Å². The zero-order valence-electron chi connectivity index (χ0n) is 12.9. The third-order valence-electron chi connectivity index (χ3n) is 3.84. The number of aromatic nitrogens is 1. The summed E-state index contributed by atoms with van der Waals surface area (Å²) >= 11 is 0. The molecule has 1 aromatic carbocycles. The van der Waals surface area contributed by atoms with E-state index >= 15 is 0 Å². The molecular weight excluding hydrogens is 263 g/mol. The number of nitrogens with one attached hydrogen (secondary N) is 1. The molecule has 2 aromatic rings. The van der Waals surface area contributed by atoms with Crippen molar-refractivity contribution in [3.63, 3.8) is 0 Å². The molecule has 2 nitrogen and oxygen atoms in total. The molecule has 112 valence electrons. The fourth-order valence-electron chi connectivity index (χ4n) is 2.60. The zero-order chi connectivity index (χ0) is 15.2. The first-order valence-corrected chi connectivity index (χ1v) is 7.52. The third kappa shape index (κ3) is 3.88. The molecule has 0 bridgehead atoms. The molecule has 2 rings (SSSR count). The molecule has 0 aliphatic heterocycles. The van der Waals surface area contributed by atoms with Crippen LogP contribution in [-0.2, 0) is 0 Å². The number of benzene rings is 1. The summed E-state index contributed by atoms with van der Waals surface area (Å²) in [7, 11) is 0. The minimum absolute atomic E-state index is 0.0343. The van der Waals surface area contributed by atoms with Gasteiger partial charge in [0.05, 0.1) is 0 Å². The molecule has 21 heavy (non-hydrogen) atoms. The van der Waals surface area contributed by atoms with E-state index in [1.54, 1.807) is 18.5 Å². The molecule has 0 spiro atoms. The van der Waals surface area contributed by atoms with Gasteiger partial charge in [-0.2, -0.15) is 0 Å². The first kappa shape index (κ1) is 15.6. The third-order valence-corrected chi connectivity index (χ3v) is 3.84. The first-order valence-electron chi connectivity index (χ1n) is 7.52. The largest absolute Gasteiger partial charge is 0.309 e. The Morgan fingerprint density at radius 3 is 2.52 bits per heavy atom. The van der Waals surface area contributed by atoms with Gasteiger partial charge in [-0.3, -0.25) is 4.98 Å². The van der Waals surface area contributed by atoms with Gasteiger partial charge in [-0.05, 0) is 49.2 Å². The highest BCUT2D eigenvalue weighted by atomic mass is 19.1. The smallest absolute Gasteiger partial charge is 0.128 e. The lowest BCUT2D eigenvalue weighted by Crippen LogP contribution is -2.27. The van der Waals surface area contributed by atoms with Crippen LogP contribution in [0.4, 0.5) is 4.39 Å². The van der Waals surface area contributed by atoms with Crippen LogP contribution in [0.5, 0.6) is 0 Å². The Morgan fingerprint density at radius 1 is 1.19 bits per heavy atom. The monoisotopic (exact) mass is 286 g/mol. The summed E-state index contributed by atoms with van der Waals surface area (Å²) in [5.41, 5.74) is 2.85. The first-order chi connectivity index (χ1) is 10.1. The van der Waals surface area contributed by atoms with Crippen molar-refractivity contribution < 1.29 is 4.39 Å². The van der Waals surface area contributed by atoms with Crippen LogP contribution in [0.15, 0.2) is 42.7 Å². The maximum absolute atomic E-state index is 14.4. The van der Waals surface area contributed by atoms with Gasteiger partial charge >= 0.3 is 0 Å². The minimum Gasteiger partial charge on any atom is -0.309 e. The molecular formula is C18H23FN2. The molecule has 0 saturated heterocycles. The van der Waals surface area contributed by atoms with Crippen molar-refractivity contribution in [2.45, 2.75) is 39.2 Å². The summed E-state index contributed by atoms with van der Waals surface area (Å²) in [5.74, 6) is 0.0428. The normalized spacial score (nSPS) is 13.9. The Labute approximate surface area is 126 Å². The van der Waals surface area contributed by atoms with E-state index < -0.39 is 0 Å². The van der Waals surface area contributed by atoms with Crippen LogP contribution in [0.2, 0.25) is 0 Å². The highest BCUT2D eigenvalue weighted by Crippen LogP contribution is 2.32. The van der Waals surface area contributed by atoms with E-state index in [2.05, 4.69) is 24.1 Å². The maximum atomic E-state index is 14.4. The number of halogens is 1. The molecule has 1 N–H and O–H groups in total. The van der Waals surface area contributed by atoms with Crippen molar-refractivity contribution >= 4 is 0 Å². The van der Waals surface area contributed by atoms with E-state index in [1.165, 1.54) is 5.56 Å². The zero-order valence-corrected chi connectivity index (χ0v) is 12.9. The second-order valence-corrected chi connectivity index (χ2v) is 5.53. The summed E-state index contributed by atoms with van der Waals surface area (Å²) in [6, 6.07) is 9.44. The van der Waals surface area contributed by atoms with Crippen molar-refractivity contribution in [1.82, 2.24) is 10.3 Å². The van der Waals surface area contributed by atoms with Crippen molar-refractivity contribution in [2.75, 3.05) is 6.54 Å². The predicted molar refractivity (Wildman–Crippen MR) is 84.8 cm³/mol. The van der Waals surface area contributed by atoms with E-state index in [4.69, 9.17) is 0 Å². The summed E-state index contributed by atoms with van der Waals surface area (Å²) in [6.45, 7) is 7.02. The molecule has 0 amide bonds. The number of aryl methyl sites for hydroxylation is 1. The number of hydrogen-bond donors (Lipinski definition) is 1. The quantitative estimate of drug-likeness (QED) is 0.852. The van der Waals surface area contributed by atoms with Crippen LogP contribution in [-0.4, -0.2) is 11.5 Å².